The molecule has 0 unspecified atom stereocenters. The first kappa shape index (κ1) is 21.2. The van der Waals surface area contributed by atoms with Crippen molar-refractivity contribution >= 4 is 14.3 Å². The summed E-state index contributed by atoms with van der Waals surface area (Å²) in [6.07, 6.45) is 3.39. The summed E-state index contributed by atoms with van der Waals surface area (Å²) in [6.45, 7) is 17.8. The summed E-state index contributed by atoms with van der Waals surface area (Å²) < 4.78 is 16.6. The van der Waals surface area contributed by atoms with Crippen LogP contribution in [-0.4, -0.2) is 33.6 Å². The zero-order valence-electron chi connectivity index (χ0n) is 15.6. The quantitative estimate of drug-likeness (QED) is 0.203. The average Bonchev–Trinajstić information content (AvgIpc) is 2.35. The molecule has 0 aliphatic carbocycles. The number of unbranched alkanes of at least 4 members (excludes halogenated alkanes) is 1. The molecular weight excluding hydrogens is 296 g/mol. The third kappa shape index (κ3) is 7.99. The first-order valence-corrected chi connectivity index (χ1v) is 11.1. The standard InChI is InChI=1S/C17H34O4Si/c1-9-19-16(18)15(21-14(2)3)12-10-11-13-20-22(7,8)17(4,5)6/h12,14H,9-11,13H2,1-8H3/b15-12-. The van der Waals surface area contributed by atoms with Crippen molar-refractivity contribution in [2.24, 2.45) is 0 Å². The maximum atomic E-state index is 11.8. The Morgan fingerprint density at radius 2 is 1.82 bits per heavy atom. The molecule has 0 saturated heterocycles. The average molecular weight is 331 g/mol. The van der Waals surface area contributed by atoms with Crippen molar-refractivity contribution in [3.8, 4) is 0 Å². The topological polar surface area (TPSA) is 44.8 Å². The Labute approximate surface area is 137 Å². The van der Waals surface area contributed by atoms with E-state index in [0.717, 1.165) is 12.8 Å². The summed E-state index contributed by atoms with van der Waals surface area (Å²) in [5.41, 5.74) is 0. The fourth-order valence-electron chi connectivity index (χ4n) is 1.50. The second-order valence-corrected chi connectivity index (χ2v) is 12.0. The van der Waals surface area contributed by atoms with Gasteiger partial charge in [-0.1, -0.05) is 20.8 Å². The molecule has 5 heteroatoms. The number of hydrogen-bond donors (Lipinski definition) is 0. The van der Waals surface area contributed by atoms with Crippen LogP contribution in [0.2, 0.25) is 18.1 Å². The molecule has 0 aromatic heterocycles. The van der Waals surface area contributed by atoms with Crippen molar-refractivity contribution in [3.63, 3.8) is 0 Å². The van der Waals surface area contributed by atoms with Crippen LogP contribution in [0, 0.1) is 0 Å². The third-order valence-electron chi connectivity index (χ3n) is 3.79. The Bertz CT molecular complexity index is 367. The molecule has 0 aliphatic heterocycles. The van der Waals surface area contributed by atoms with Gasteiger partial charge in [0.2, 0.25) is 5.76 Å². The highest BCUT2D eigenvalue weighted by molar-refractivity contribution is 6.74. The Morgan fingerprint density at radius 3 is 2.27 bits per heavy atom. The number of carbonyl (C=O) groups excluding carboxylic acids is 1. The van der Waals surface area contributed by atoms with E-state index in [9.17, 15) is 4.79 Å². The fraction of sp³-hybridized carbons (Fsp3) is 0.824. The molecule has 0 atom stereocenters. The van der Waals surface area contributed by atoms with Gasteiger partial charge in [0.15, 0.2) is 8.32 Å². The Balaban J connectivity index is 4.39. The van der Waals surface area contributed by atoms with E-state index in [1.165, 1.54) is 0 Å². The fourth-order valence-corrected chi connectivity index (χ4v) is 2.58. The molecule has 0 aromatic rings. The monoisotopic (exact) mass is 330 g/mol. The Morgan fingerprint density at radius 1 is 1.23 bits per heavy atom. The van der Waals surface area contributed by atoms with Crippen LogP contribution in [0.3, 0.4) is 0 Å². The van der Waals surface area contributed by atoms with Gasteiger partial charge in [-0.25, -0.2) is 4.79 Å². The van der Waals surface area contributed by atoms with Gasteiger partial charge in [0.05, 0.1) is 12.7 Å². The van der Waals surface area contributed by atoms with E-state index in [1.54, 1.807) is 6.92 Å². The number of carbonyl (C=O) groups is 1. The van der Waals surface area contributed by atoms with E-state index in [0.29, 0.717) is 19.0 Å². The normalized spacial score (nSPS) is 13.4. The highest BCUT2D eigenvalue weighted by Crippen LogP contribution is 2.36. The summed E-state index contributed by atoms with van der Waals surface area (Å²) in [5, 5.41) is 0.222. The zero-order valence-corrected chi connectivity index (χ0v) is 16.6. The third-order valence-corrected chi connectivity index (χ3v) is 8.32. The lowest BCUT2D eigenvalue weighted by Crippen LogP contribution is -2.40. The minimum absolute atomic E-state index is 0.0425. The molecule has 0 spiro atoms. The van der Waals surface area contributed by atoms with Crippen LogP contribution >= 0.6 is 0 Å². The van der Waals surface area contributed by atoms with Crippen molar-refractivity contribution in [3.05, 3.63) is 11.8 Å². The summed E-state index contributed by atoms with van der Waals surface area (Å²) in [4.78, 5) is 11.8. The summed E-state index contributed by atoms with van der Waals surface area (Å²) in [5.74, 6) is -0.0781. The SMILES string of the molecule is CCOC(=O)/C(=C/CCCO[Si](C)(C)C(C)(C)C)OC(C)C. The molecule has 0 radical (unpaired) electrons. The molecule has 130 valence electrons. The summed E-state index contributed by atoms with van der Waals surface area (Å²) >= 11 is 0. The minimum atomic E-state index is -1.69. The van der Waals surface area contributed by atoms with Gasteiger partial charge in [-0.2, -0.15) is 0 Å². The zero-order chi connectivity index (χ0) is 17.4. The van der Waals surface area contributed by atoms with Crippen LogP contribution in [0.4, 0.5) is 0 Å². The number of esters is 1. The highest BCUT2D eigenvalue weighted by atomic mass is 28.4. The number of rotatable bonds is 9. The van der Waals surface area contributed by atoms with Gasteiger partial charge in [0, 0.05) is 6.61 Å². The lowest BCUT2D eigenvalue weighted by Gasteiger charge is -2.36. The lowest BCUT2D eigenvalue weighted by atomic mass is 10.2. The van der Waals surface area contributed by atoms with Crippen LogP contribution in [-0.2, 0) is 18.7 Å². The molecule has 0 aliphatic rings. The lowest BCUT2D eigenvalue weighted by molar-refractivity contribution is -0.143. The van der Waals surface area contributed by atoms with Gasteiger partial charge in [-0.05, 0) is 57.8 Å². The summed E-state index contributed by atoms with van der Waals surface area (Å²) in [6, 6.07) is 0. The highest BCUT2D eigenvalue weighted by Gasteiger charge is 2.36. The van der Waals surface area contributed by atoms with E-state index in [4.69, 9.17) is 13.9 Å². The number of ether oxygens (including phenoxy) is 2. The first-order chi connectivity index (χ1) is 10.0. The molecule has 4 nitrogen and oxygen atoms in total. The molecule has 0 heterocycles. The second-order valence-electron chi connectivity index (χ2n) is 7.21. The van der Waals surface area contributed by atoms with Gasteiger partial charge in [-0.15, -0.1) is 0 Å². The molecule has 0 saturated carbocycles. The van der Waals surface area contributed by atoms with E-state index in [1.807, 2.05) is 19.9 Å². The van der Waals surface area contributed by atoms with Crippen LogP contribution in [0.5, 0.6) is 0 Å². The molecule has 0 N–H and O–H groups in total. The van der Waals surface area contributed by atoms with Gasteiger partial charge in [0.1, 0.15) is 0 Å². The van der Waals surface area contributed by atoms with Crippen LogP contribution in [0.1, 0.15) is 54.4 Å². The minimum Gasteiger partial charge on any atom is -0.484 e. The molecule has 0 aromatic carbocycles. The smallest absolute Gasteiger partial charge is 0.373 e. The van der Waals surface area contributed by atoms with Crippen LogP contribution in [0.25, 0.3) is 0 Å². The van der Waals surface area contributed by atoms with Crippen LogP contribution in [0.15, 0.2) is 11.8 Å². The predicted molar refractivity (Wildman–Crippen MR) is 93.3 cm³/mol. The van der Waals surface area contributed by atoms with Gasteiger partial charge in [-0.3, -0.25) is 0 Å². The molecular formula is C17H34O4Si. The second kappa shape index (κ2) is 9.35. The number of hydrogen-bond acceptors (Lipinski definition) is 4. The van der Waals surface area contributed by atoms with Crippen molar-refractivity contribution in [1.82, 2.24) is 0 Å². The van der Waals surface area contributed by atoms with Gasteiger partial charge in [0.25, 0.3) is 0 Å². The van der Waals surface area contributed by atoms with Crippen molar-refractivity contribution in [2.45, 2.75) is 78.6 Å². The Hall–Kier alpha value is -0.813. The predicted octanol–water partition coefficient (Wildman–Crippen LogP) is 4.66. The van der Waals surface area contributed by atoms with E-state index in [2.05, 4.69) is 33.9 Å². The molecule has 0 amide bonds. The van der Waals surface area contributed by atoms with Gasteiger partial charge < -0.3 is 13.9 Å². The van der Waals surface area contributed by atoms with Crippen LogP contribution < -0.4 is 0 Å². The number of allylic oxidation sites excluding steroid dienone is 1. The van der Waals surface area contributed by atoms with Gasteiger partial charge >= 0.3 is 5.97 Å². The molecule has 22 heavy (non-hydrogen) atoms. The summed E-state index contributed by atoms with van der Waals surface area (Å²) in [7, 11) is -1.69. The van der Waals surface area contributed by atoms with Crippen molar-refractivity contribution < 1.29 is 18.7 Å². The molecule has 0 bridgehead atoms. The molecule has 0 fully saturated rings. The first-order valence-electron chi connectivity index (χ1n) is 8.19. The van der Waals surface area contributed by atoms with E-state index < -0.39 is 8.32 Å². The van der Waals surface area contributed by atoms with Crippen molar-refractivity contribution in [2.75, 3.05) is 13.2 Å². The van der Waals surface area contributed by atoms with E-state index >= 15 is 0 Å². The maximum Gasteiger partial charge on any atom is 0.373 e. The largest absolute Gasteiger partial charge is 0.484 e. The molecule has 0 rings (SSSR count). The Kier molecular flexibility index (Phi) is 9.01. The maximum absolute atomic E-state index is 11.8. The van der Waals surface area contributed by atoms with Crippen molar-refractivity contribution in [1.29, 1.82) is 0 Å². The van der Waals surface area contributed by atoms with E-state index in [-0.39, 0.29) is 17.1 Å².